The topological polar surface area (TPSA) is 84.4 Å². The molecule has 0 saturated heterocycles. The molecule has 1 atom stereocenters. The van der Waals surface area contributed by atoms with E-state index < -0.39 is 6.10 Å². The van der Waals surface area contributed by atoms with Crippen LogP contribution in [0.15, 0.2) is 42.7 Å². The van der Waals surface area contributed by atoms with Gasteiger partial charge < -0.3 is 9.64 Å². The van der Waals surface area contributed by atoms with Crippen LogP contribution in [0.1, 0.15) is 13.3 Å². The van der Waals surface area contributed by atoms with Gasteiger partial charge in [-0.3, -0.25) is 14.9 Å². The molecule has 1 N–H and O–H groups in total. The molecule has 0 unspecified atom stereocenters. The van der Waals surface area contributed by atoms with Crippen LogP contribution in [-0.2, 0) is 9.59 Å². The Labute approximate surface area is 133 Å². The van der Waals surface area contributed by atoms with Crippen molar-refractivity contribution in [1.82, 2.24) is 9.97 Å². The first-order valence-electron chi connectivity index (χ1n) is 7.29. The number of carbonyl (C=O) groups excluding carboxylic acids is 2. The van der Waals surface area contributed by atoms with Gasteiger partial charge in [0.2, 0.25) is 11.9 Å². The van der Waals surface area contributed by atoms with Crippen molar-refractivity contribution >= 4 is 23.5 Å². The zero-order valence-electron chi connectivity index (χ0n) is 12.6. The minimum atomic E-state index is -0.564. The highest BCUT2D eigenvalue weighted by Gasteiger charge is 2.31. The largest absolute Gasteiger partial charge is 0.479 e. The average molecular weight is 312 g/mol. The van der Waals surface area contributed by atoms with Crippen LogP contribution < -0.4 is 15.0 Å². The number of benzene rings is 1. The van der Waals surface area contributed by atoms with Crippen LogP contribution in [0.5, 0.6) is 5.75 Å². The maximum absolute atomic E-state index is 12.3. The number of aromatic nitrogens is 2. The van der Waals surface area contributed by atoms with Gasteiger partial charge in [-0.05, 0) is 25.1 Å². The van der Waals surface area contributed by atoms with E-state index in [2.05, 4.69) is 15.3 Å². The molecule has 118 valence electrons. The van der Waals surface area contributed by atoms with Gasteiger partial charge in [0.15, 0.2) is 6.10 Å². The lowest BCUT2D eigenvalue weighted by Crippen LogP contribution is -2.45. The van der Waals surface area contributed by atoms with E-state index in [1.54, 1.807) is 36.4 Å². The van der Waals surface area contributed by atoms with Gasteiger partial charge in [-0.25, -0.2) is 9.97 Å². The molecule has 2 heterocycles. The zero-order valence-corrected chi connectivity index (χ0v) is 12.6. The summed E-state index contributed by atoms with van der Waals surface area (Å²) in [6.07, 6.45) is 2.67. The fourth-order valence-corrected chi connectivity index (χ4v) is 2.35. The van der Waals surface area contributed by atoms with Crippen molar-refractivity contribution < 1.29 is 14.3 Å². The molecule has 1 aliphatic rings. The first-order valence-corrected chi connectivity index (χ1v) is 7.29. The Morgan fingerprint density at radius 1 is 1.26 bits per heavy atom. The van der Waals surface area contributed by atoms with E-state index in [-0.39, 0.29) is 30.7 Å². The smallest absolute Gasteiger partial charge is 0.267 e. The Morgan fingerprint density at radius 3 is 2.78 bits per heavy atom. The predicted octanol–water partition coefficient (Wildman–Crippen LogP) is 1.62. The van der Waals surface area contributed by atoms with Gasteiger partial charge >= 0.3 is 0 Å². The van der Waals surface area contributed by atoms with E-state index >= 15 is 0 Å². The van der Waals surface area contributed by atoms with Crippen LogP contribution in [-0.4, -0.2) is 34.4 Å². The first kappa shape index (κ1) is 15.0. The number of nitrogens with one attached hydrogen (secondary N) is 1. The number of fused-ring (bicyclic) bond motifs is 1. The van der Waals surface area contributed by atoms with Gasteiger partial charge in [-0.2, -0.15) is 0 Å². The second kappa shape index (κ2) is 6.43. The summed E-state index contributed by atoms with van der Waals surface area (Å²) in [7, 11) is 0. The van der Waals surface area contributed by atoms with Crippen LogP contribution in [0.25, 0.3) is 0 Å². The summed E-state index contributed by atoms with van der Waals surface area (Å²) in [6, 6.07) is 8.95. The normalized spacial score (nSPS) is 16.5. The minimum Gasteiger partial charge on any atom is -0.479 e. The van der Waals surface area contributed by atoms with Gasteiger partial charge in [0.1, 0.15) is 5.75 Å². The highest BCUT2D eigenvalue weighted by molar-refractivity contribution is 6.00. The second-order valence-electron chi connectivity index (χ2n) is 5.09. The Morgan fingerprint density at radius 2 is 2.00 bits per heavy atom. The number of amides is 2. The Kier molecular flexibility index (Phi) is 4.18. The van der Waals surface area contributed by atoms with E-state index in [0.29, 0.717) is 11.4 Å². The maximum atomic E-state index is 12.3. The lowest BCUT2D eigenvalue weighted by atomic mass is 10.1. The highest BCUT2D eigenvalue weighted by atomic mass is 16.5. The van der Waals surface area contributed by atoms with Crippen molar-refractivity contribution in [2.45, 2.75) is 19.4 Å². The molecule has 7 nitrogen and oxygen atoms in total. The SMILES string of the molecule is C[C@@H]1Oc2ccccc2N(CCC(=O)Nc2ncccn2)C1=O. The molecule has 0 bridgehead atoms. The molecule has 2 aromatic rings. The number of rotatable bonds is 4. The van der Waals surface area contributed by atoms with E-state index in [0.717, 1.165) is 0 Å². The zero-order chi connectivity index (χ0) is 16.2. The molecule has 1 aromatic heterocycles. The molecule has 0 spiro atoms. The van der Waals surface area contributed by atoms with Crippen LogP contribution in [0, 0.1) is 0 Å². The second-order valence-corrected chi connectivity index (χ2v) is 5.09. The van der Waals surface area contributed by atoms with Gasteiger partial charge in [0, 0.05) is 25.4 Å². The number of anilines is 2. The summed E-state index contributed by atoms with van der Waals surface area (Å²) in [5.74, 6) is 0.485. The Hall–Kier alpha value is -2.96. The number of para-hydroxylation sites is 2. The molecule has 23 heavy (non-hydrogen) atoms. The number of ether oxygens (including phenoxy) is 1. The predicted molar refractivity (Wildman–Crippen MR) is 84.2 cm³/mol. The number of nitrogens with zero attached hydrogens (tertiary/aromatic N) is 3. The Bertz CT molecular complexity index is 720. The third-order valence-corrected chi connectivity index (χ3v) is 3.45. The standard InChI is InChI=1S/C16H16N4O3/c1-11-15(22)20(12-5-2-3-6-13(12)23-11)10-7-14(21)19-16-17-8-4-9-18-16/h2-6,8-9,11H,7,10H2,1H3,(H,17,18,19,21)/t11-/m0/s1. The molecule has 1 aliphatic heterocycles. The molecule has 1 aromatic carbocycles. The number of carbonyl (C=O) groups is 2. The van der Waals surface area contributed by atoms with Gasteiger partial charge in [0.05, 0.1) is 5.69 Å². The van der Waals surface area contributed by atoms with Crippen molar-refractivity contribution in [1.29, 1.82) is 0 Å². The molecule has 2 amide bonds. The quantitative estimate of drug-likeness (QED) is 0.927. The first-order chi connectivity index (χ1) is 11.1. The maximum Gasteiger partial charge on any atom is 0.267 e. The fourth-order valence-electron chi connectivity index (χ4n) is 2.35. The van der Waals surface area contributed by atoms with E-state index in [4.69, 9.17) is 4.74 Å². The molecule has 0 radical (unpaired) electrons. The van der Waals surface area contributed by atoms with Crippen LogP contribution in [0.3, 0.4) is 0 Å². The summed E-state index contributed by atoms with van der Waals surface area (Å²) >= 11 is 0. The summed E-state index contributed by atoms with van der Waals surface area (Å²) in [6.45, 7) is 1.96. The van der Waals surface area contributed by atoms with E-state index in [1.807, 2.05) is 18.2 Å². The van der Waals surface area contributed by atoms with Crippen LogP contribution in [0.4, 0.5) is 11.6 Å². The van der Waals surface area contributed by atoms with Crippen LogP contribution in [0.2, 0.25) is 0 Å². The lowest BCUT2D eigenvalue weighted by Gasteiger charge is -2.32. The number of hydrogen-bond donors (Lipinski definition) is 1. The summed E-state index contributed by atoms with van der Waals surface area (Å²) in [4.78, 5) is 33.7. The molecule has 0 saturated carbocycles. The summed E-state index contributed by atoms with van der Waals surface area (Å²) in [5, 5.41) is 2.60. The Balaban J connectivity index is 1.67. The highest BCUT2D eigenvalue weighted by Crippen LogP contribution is 2.33. The summed E-state index contributed by atoms with van der Waals surface area (Å²) < 4.78 is 5.56. The molecule has 0 aliphatic carbocycles. The van der Waals surface area contributed by atoms with Crippen molar-refractivity contribution in [3.05, 3.63) is 42.7 Å². The van der Waals surface area contributed by atoms with Crippen molar-refractivity contribution in [3.8, 4) is 5.75 Å². The van der Waals surface area contributed by atoms with Crippen molar-refractivity contribution in [2.24, 2.45) is 0 Å². The van der Waals surface area contributed by atoms with Gasteiger partial charge in [-0.1, -0.05) is 12.1 Å². The molecule has 3 rings (SSSR count). The van der Waals surface area contributed by atoms with E-state index in [9.17, 15) is 9.59 Å². The monoisotopic (exact) mass is 312 g/mol. The fraction of sp³-hybridized carbons (Fsp3) is 0.250. The molecule has 7 heteroatoms. The molecular weight excluding hydrogens is 296 g/mol. The summed E-state index contributed by atoms with van der Waals surface area (Å²) in [5.41, 5.74) is 0.680. The number of hydrogen-bond acceptors (Lipinski definition) is 5. The van der Waals surface area contributed by atoms with Gasteiger partial charge in [0.25, 0.3) is 5.91 Å². The van der Waals surface area contributed by atoms with Crippen molar-refractivity contribution in [2.75, 3.05) is 16.8 Å². The molecular formula is C16H16N4O3. The third-order valence-electron chi connectivity index (χ3n) is 3.45. The average Bonchev–Trinajstić information content (AvgIpc) is 2.56. The molecule has 0 fully saturated rings. The lowest BCUT2D eigenvalue weighted by molar-refractivity contribution is -0.125. The van der Waals surface area contributed by atoms with Gasteiger partial charge in [-0.15, -0.1) is 0 Å². The third kappa shape index (κ3) is 3.28. The minimum absolute atomic E-state index is 0.144. The van der Waals surface area contributed by atoms with E-state index in [1.165, 1.54) is 0 Å². The van der Waals surface area contributed by atoms with Crippen molar-refractivity contribution in [3.63, 3.8) is 0 Å². The van der Waals surface area contributed by atoms with Crippen LogP contribution >= 0.6 is 0 Å².